The van der Waals surface area contributed by atoms with Crippen molar-refractivity contribution in [3.63, 3.8) is 0 Å². The van der Waals surface area contributed by atoms with E-state index in [9.17, 15) is 0 Å². The van der Waals surface area contributed by atoms with Crippen LogP contribution in [0.25, 0.3) is 0 Å². The van der Waals surface area contributed by atoms with Gasteiger partial charge in [-0.2, -0.15) is 5.10 Å². The number of unbranched alkanes of at least 4 members (excludes halogenated alkanes) is 5. The Morgan fingerprint density at radius 2 is 1.75 bits per heavy atom. The Morgan fingerprint density at radius 3 is 2.38 bits per heavy atom. The third-order valence-corrected chi connectivity index (χ3v) is 2.70. The van der Waals surface area contributed by atoms with E-state index < -0.39 is 0 Å². The van der Waals surface area contributed by atoms with Crippen LogP contribution in [0.15, 0.2) is 17.8 Å². The van der Waals surface area contributed by atoms with Gasteiger partial charge in [0.2, 0.25) is 0 Å². The zero-order valence-corrected chi connectivity index (χ0v) is 11.3. The molecule has 0 saturated carbocycles. The number of rotatable bonds is 10. The molecule has 0 spiro atoms. The second-order valence-corrected chi connectivity index (χ2v) is 5.03. The Balaban J connectivity index is 3.49. The molecular weight excluding hydrogens is 196 g/mol. The molecule has 0 heterocycles. The summed E-state index contributed by atoms with van der Waals surface area (Å²) < 4.78 is 0. The average Bonchev–Trinajstić information content (AvgIpc) is 2.23. The van der Waals surface area contributed by atoms with Crippen LogP contribution < -0.4 is 5.43 Å². The van der Waals surface area contributed by atoms with E-state index in [1.807, 2.05) is 0 Å². The van der Waals surface area contributed by atoms with E-state index in [1.54, 1.807) is 12.3 Å². The Morgan fingerprint density at radius 1 is 1.12 bits per heavy atom. The summed E-state index contributed by atoms with van der Waals surface area (Å²) in [6.07, 6.45) is 12.7. The van der Waals surface area contributed by atoms with E-state index in [0.717, 1.165) is 0 Å². The van der Waals surface area contributed by atoms with E-state index in [4.69, 9.17) is 0 Å². The fourth-order valence-electron chi connectivity index (χ4n) is 1.67. The maximum absolute atomic E-state index is 4.10. The third kappa shape index (κ3) is 9.75. The first-order chi connectivity index (χ1) is 7.62. The highest BCUT2D eigenvalue weighted by molar-refractivity contribution is 5.69. The molecule has 0 amide bonds. The summed E-state index contributed by atoms with van der Waals surface area (Å²) in [4.78, 5) is 0. The molecule has 0 aliphatic rings. The van der Waals surface area contributed by atoms with Gasteiger partial charge >= 0.3 is 0 Å². The van der Waals surface area contributed by atoms with Crippen LogP contribution >= 0.6 is 0 Å². The molecule has 2 heteroatoms. The molecule has 0 saturated heterocycles. The van der Waals surface area contributed by atoms with Crippen LogP contribution in [0.2, 0.25) is 0 Å². The van der Waals surface area contributed by atoms with Gasteiger partial charge in [0.15, 0.2) is 0 Å². The van der Waals surface area contributed by atoms with Crippen molar-refractivity contribution in [3.8, 4) is 0 Å². The van der Waals surface area contributed by atoms with Crippen LogP contribution in [-0.2, 0) is 0 Å². The molecule has 0 aliphatic carbocycles. The Bertz CT molecular complexity index is 195. The summed E-state index contributed by atoms with van der Waals surface area (Å²) >= 11 is 0. The van der Waals surface area contributed by atoms with Gasteiger partial charge in [0.25, 0.3) is 0 Å². The molecule has 16 heavy (non-hydrogen) atoms. The fourth-order valence-corrected chi connectivity index (χ4v) is 1.67. The molecule has 0 rings (SSSR count). The van der Waals surface area contributed by atoms with Gasteiger partial charge in [-0.3, -0.25) is 0 Å². The summed E-state index contributed by atoms with van der Waals surface area (Å²) in [6, 6.07) is 0. The minimum absolute atomic E-state index is 0.101. The van der Waals surface area contributed by atoms with Crippen LogP contribution in [0.3, 0.4) is 0 Å². The molecule has 0 aliphatic heterocycles. The largest absolute Gasteiger partial charge is 0.305 e. The second kappa shape index (κ2) is 9.44. The zero-order chi connectivity index (χ0) is 12.3. The predicted octanol–water partition coefficient (Wildman–Crippen LogP) is 4.28. The summed E-state index contributed by atoms with van der Waals surface area (Å²) in [5.74, 6) is 0. The zero-order valence-electron chi connectivity index (χ0n) is 11.3. The van der Waals surface area contributed by atoms with Crippen molar-refractivity contribution in [2.24, 2.45) is 5.10 Å². The van der Waals surface area contributed by atoms with Gasteiger partial charge in [0.1, 0.15) is 0 Å². The van der Waals surface area contributed by atoms with Crippen molar-refractivity contribution in [3.05, 3.63) is 12.7 Å². The Kier molecular flexibility index (Phi) is 8.97. The topological polar surface area (TPSA) is 24.4 Å². The van der Waals surface area contributed by atoms with Gasteiger partial charge in [-0.15, -0.1) is 0 Å². The normalized spacial score (nSPS) is 11.9. The second-order valence-electron chi connectivity index (χ2n) is 5.03. The first kappa shape index (κ1) is 15.2. The molecule has 0 bridgehead atoms. The molecule has 0 unspecified atom stereocenters. The van der Waals surface area contributed by atoms with Crippen molar-refractivity contribution < 1.29 is 0 Å². The number of hydrogen-bond acceptors (Lipinski definition) is 2. The Labute approximate surface area is 101 Å². The lowest BCUT2D eigenvalue weighted by atomic mass is 9.97. The molecule has 0 aromatic heterocycles. The van der Waals surface area contributed by atoms with Crippen LogP contribution in [0.1, 0.15) is 65.7 Å². The maximum atomic E-state index is 4.10. The first-order valence-electron chi connectivity index (χ1n) is 6.53. The van der Waals surface area contributed by atoms with E-state index >= 15 is 0 Å². The van der Waals surface area contributed by atoms with Gasteiger partial charge < -0.3 is 5.43 Å². The quantitative estimate of drug-likeness (QED) is 0.334. The minimum Gasteiger partial charge on any atom is -0.305 e. The van der Waals surface area contributed by atoms with Crippen LogP contribution in [0.4, 0.5) is 0 Å². The number of nitrogens with one attached hydrogen (secondary N) is 1. The molecule has 0 aromatic carbocycles. The van der Waals surface area contributed by atoms with E-state index in [0.29, 0.717) is 0 Å². The van der Waals surface area contributed by atoms with Crippen molar-refractivity contribution >= 4 is 6.21 Å². The molecular formula is C14H28N2. The molecule has 0 aromatic rings. The number of hydrazone groups is 1. The van der Waals surface area contributed by atoms with E-state index in [-0.39, 0.29) is 5.54 Å². The standard InChI is InChI=1S/C14H28N2/c1-5-7-8-9-10-11-12-14(3,4)16-15-13-6-2/h6,13,16H,2,5,7-12H2,1,3-4H3. The smallest absolute Gasteiger partial charge is 0.0492 e. The minimum atomic E-state index is 0.101. The SMILES string of the molecule is C=CC=NNC(C)(C)CCCCCCCC. The highest BCUT2D eigenvalue weighted by atomic mass is 15.3. The summed E-state index contributed by atoms with van der Waals surface area (Å²) in [5.41, 5.74) is 3.26. The lowest BCUT2D eigenvalue weighted by Crippen LogP contribution is -2.35. The van der Waals surface area contributed by atoms with Gasteiger partial charge in [-0.25, -0.2) is 0 Å². The molecule has 2 nitrogen and oxygen atoms in total. The first-order valence-corrected chi connectivity index (χ1v) is 6.53. The van der Waals surface area contributed by atoms with Gasteiger partial charge in [-0.05, 0) is 26.3 Å². The van der Waals surface area contributed by atoms with Crippen LogP contribution in [-0.4, -0.2) is 11.8 Å². The number of hydrogen-bond donors (Lipinski definition) is 1. The van der Waals surface area contributed by atoms with Crippen LogP contribution in [0.5, 0.6) is 0 Å². The predicted molar refractivity (Wildman–Crippen MR) is 73.9 cm³/mol. The van der Waals surface area contributed by atoms with Crippen molar-refractivity contribution in [2.45, 2.75) is 71.3 Å². The molecule has 0 fully saturated rings. The molecule has 0 radical (unpaired) electrons. The molecule has 0 atom stereocenters. The lowest BCUT2D eigenvalue weighted by molar-refractivity contribution is 0.356. The van der Waals surface area contributed by atoms with Crippen molar-refractivity contribution in [1.82, 2.24) is 5.43 Å². The summed E-state index contributed by atoms with van der Waals surface area (Å²) in [7, 11) is 0. The summed E-state index contributed by atoms with van der Waals surface area (Å²) in [6.45, 7) is 10.2. The van der Waals surface area contributed by atoms with Crippen molar-refractivity contribution in [2.75, 3.05) is 0 Å². The third-order valence-electron chi connectivity index (χ3n) is 2.70. The van der Waals surface area contributed by atoms with E-state index in [2.05, 4.69) is 37.9 Å². The fraction of sp³-hybridized carbons (Fsp3) is 0.786. The average molecular weight is 224 g/mol. The Hall–Kier alpha value is -0.790. The molecule has 94 valence electrons. The maximum Gasteiger partial charge on any atom is 0.0492 e. The van der Waals surface area contributed by atoms with Crippen LogP contribution in [0, 0.1) is 0 Å². The summed E-state index contributed by atoms with van der Waals surface area (Å²) in [5, 5.41) is 4.10. The van der Waals surface area contributed by atoms with E-state index in [1.165, 1.54) is 44.9 Å². The number of nitrogens with zero attached hydrogens (tertiary/aromatic N) is 1. The van der Waals surface area contributed by atoms with Gasteiger partial charge in [0.05, 0.1) is 0 Å². The van der Waals surface area contributed by atoms with Gasteiger partial charge in [0, 0.05) is 11.8 Å². The molecule has 1 N–H and O–H groups in total. The van der Waals surface area contributed by atoms with Crippen molar-refractivity contribution in [1.29, 1.82) is 0 Å². The monoisotopic (exact) mass is 224 g/mol. The lowest BCUT2D eigenvalue weighted by Gasteiger charge is -2.24. The number of allylic oxidation sites excluding steroid dienone is 1. The van der Waals surface area contributed by atoms with Gasteiger partial charge in [-0.1, -0.05) is 52.0 Å². The highest BCUT2D eigenvalue weighted by Crippen LogP contribution is 2.15. The highest BCUT2D eigenvalue weighted by Gasteiger charge is 2.14.